The maximum atomic E-state index is 11.5. The minimum absolute atomic E-state index is 0.0399. The summed E-state index contributed by atoms with van der Waals surface area (Å²) in [7, 11) is 1.33. The lowest BCUT2D eigenvalue weighted by Gasteiger charge is -2.29. The number of hydrogen-bond donors (Lipinski definition) is 0. The van der Waals surface area contributed by atoms with Crippen molar-refractivity contribution in [1.29, 1.82) is 0 Å². The van der Waals surface area contributed by atoms with Gasteiger partial charge in [0.2, 0.25) is 0 Å². The van der Waals surface area contributed by atoms with Crippen molar-refractivity contribution in [3.05, 3.63) is 0 Å². The van der Waals surface area contributed by atoms with Crippen LogP contribution in [0.3, 0.4) is 0 Å². The Morgan fingerprint density at radius 3 is 2.54 bits per heavy atom. The van der Waals surface area contributed by atoms with Crippen LogP contribution in [0.5, 0.6) is 0 Å². The van der Waals surface area contributed by atoms with Crippen LogP contribution in [0, 0.1) is 17.8 Å². The van der Waals surface area contributed by atoms with E-state index in [1.807, 2.05) is 13.8 Å². The van der Waals surface area contributed by atoms with Gasteiger partial charge in [-0.05, 0) is 18.3 Å². The number of ketones is 1. The monoisotopic (exact) mass is 184 g/mol. The summed E-state index contributed by atoms with van der Waals surface area (Å²) in [5.41, 5.74) is 0. The zero-order valence-electron chi connectivity index (χ0n) is 8.37. The summed E-state index contributed by atoms with van der Waals surface area (Å²) < 4.78 is 4.61. The van der Waals surface area contributed by atoms with Crippen molar-refractivity contribution >= 4 is 11.8 Å². The van der Waals surface area contributed by atoms with E-state index < -0.39 is 5.92 Å². The van der Waals surface area contributed by atoms with Gasteiger partial charge in [-0.1, -0.05) is 13.8 Å². The molecule has 3 heteroatoms. The van der Waals surface area contributed by atoms with Gasteiger partial charge in [-0.2, -0.15) is 0 Å². The Kier molecular flexibility index (Phi) is 3.07. The van der Waals surface area contributed by atoms with Gasteiger partial charge in [0.1, 0.15) is 11.7 Å². The molecule has 1 aliphatic rings. The second-order valence-electron chi connectivity index (χ2n) is 3.99. The highest BCUT2D eigenvalue weighted by Gasteiger charge is 2.37. The smallest absolute Gasteiger partial charge is 0.316 e. The van der Waals surface area contributed by atoms with Crippen LogP contribution in [0.4, 0.5) is 0 Å². The van der Waals surface area contributed by atoms with Crippen LogP contribution in [0.15, 0.2) is 0 Å². The summed E-state index contributed by atoms with van der Waals surface area (Å²) in [6, 6.07) is 0. The predicted octanol–water partition coefficient (Wildman–Crippen LogP) is 1.41. The topological polar surface area (TPSA) is 43.4 Å². The Morgan fingerprint density at radius 2 is 2.08 bits per heavy atom. The molecule has 1 rings (SSSR count). The van der Waals surface area contributed by atoms with Crippen molar-refractivity contribution < 1.29 is 14.3 Å². The first-order chi connectivity index (χ1) is 6.06. The first-order valence-electron chi connectivity index (χ1n) is 4.66. The molecule has 0 bridgehead atoms. The van der Waals surface area contributed by atoms with E-state index in [9.17, 15) is 9.59 Å². The average Bonchev–Trinajstić information content (AvgIpc) is 2.02. The van der Waals surface area contributed by atoms with E-state index >= 15 is 0 Å². The van der Waals surface area contributed by atoms with Crippen molar-refractivity contribution in [2.45, 2.75) is 26.7 Å². The van der Waals surface area contributed by atoms with Crippen LogP contribution in [-0.4, -0.2) is 18.9 Å². The van der Waals surface area contributed by atoms with Crippen molar-refractivity contribution in [3.8, 4) is 0 Å². The molecule has 0 N–H and O–H groups in total. The SMILES string of the molecule is COC(=O)C1C(=O)C[C@H](C)C[C@H]1C. The van der Waals surface area contributed by atoms with Gasteiger partial charge in [-0.3, -0.25) is 9.59 Å². The molecule has 0 aliphatic heterocycles. The maximum Gasteiger partial charge on any atom is 0.316 e. The Morgan fingerprint density at radius 1 is 1.46 bits per heavy atom. The third kappa shape index (κ3) is 2.08. The van der Waals surface area contributed by atoms with E-state index in [2.05, 4.69) is 4.74 Å². The van der Waals surface area contributed by atoms with Crippen molar-refractivity contribution in [1.82, 2.24) is 0 Å². The normalized spacial score (nSPS) is 34.4. The molecular weight excluding hydrogens is 168 g/mol. The molecule has 0 aromatic rings. The second kappa shape index (κ2) is 3.90. The predicted molar refractivity (Wildman–Crippen MR) is 48.1 cm³/mol. The summed E-state index contributed by atoms with van der Waals surface area (Å²) in [5.74, 6) is -0.309. The number of ether oxygens (including phenoxy) is 1. The first-order valence-corrected chi connectivity index (χ1v) is 4.66. The highest BCUT2D eigenvalue weighted by molar-refractivity contribution is 5.99. The highest BCUT2D eigenvalue weighted by atomic mass is 16.5. The van der Waals surface area contributed by atoms with Gasteiger partial charge >= 0.3 is 5.97 Å². The molecular formula is C10H16O3. The number of rotatable bonds is 1. The van der Waals surface area contributed by atoms with E-state index in [4.69, 9.17) is 0 Å². The Bertz CT molecular complexity index is 222. The standard InChI is InChI=1S/C10H16O3/c1-6-4-7(2)9(8(11)5-6)10(12)13-3/h6-7,9H,4-5H2,1-3H3/t6-,7-,9?/m1/s1. The van der Waals surface area contributed by atoms with Gasteiger partial charge in [0.05, 0.1) is 7.11 Å². The lowest BCUT2D eigenvalue weighted by molar-refractivity contribution is -0.153. The Balaban J connectivity index is 2.72. The average molecular weight is 184 g/mol. The molecule has 0 aromatic carbocycles. The second-order valence-corrected chi connectivity index (χ2v) is 3.99. The zero-order valence-corrected chi connectivity index (χ0v) is 8.37. The molecule has 0 amide bonds. The molecule has 3 atom stereocenters. The van der Waals surface area contributed by atoms with Crippen molar-refractivity contribution in [3.63, 3.8) is 0 Å². The van der Waals surface area contributed by atoms with Crippen LogP contribution in [0.1, 0.15) is 26.7 Å². The molecule has 0 heterocycles. The van der Waals surface area contributed by atoms with Crippen LogP contribution in [0.2, 0.25) is 0 Å². The number of hydrogen-bond acceptors (Lipinski definition) is 3. The van der Waals surface area contributed by atoms with Crippen LogP contribution >= 0.6 is 0 Å². The van der Waals surface area contributed by atoms with E-state index in [-0.39, 0.29) is 17.7 Å². The lowest BCUT2D eigenvalue weighted by atomic mass is 9.75. The summed E-state index contributed by atoms with van der Waals surface area (Å²) in [5, 5.41) is 0. The fourth-order valence-electron chi connectivity index (χ4n) is 2.13. The molecule has 1 aliphatic carbocycles. The van der Waals surface area contributed by atoms with E-state index in [1.165, 1.54) is 7.11 Å². The number of esters is 1. The third-order valence-corrected chi connectivity index (χ3v) is 2.69. The molecule has 0 radical (unpaired) electrons. The molecule has 3 nitrogen and oxygen atoms in total. The van der Waals surface area contributed by atoms with Gasteiger partial charge in [0, 0.05) is 6.42 Å². The Labute approximate surface area is 78.5 Å². The van der Waals surface area contributed by atoms with Crippen molar-refractivity contribution in [2.75, 3.05) is 7.11 Å². The molecule has 0 saturated heterocycles. The number of methoxy groups -OCH3 is 1. The van der Waals surface area contributed by atoms with E-state index in [0.29, 0.717) is 12.3 Å². The zero-order chi connectivity index (χ0) is 10.0. The molecule has 13 heavy (non-hydrogen) atoms. The molecule has 1 fully saturated rings. The molecule has 74 valence electrons. The molecule has 1 unspecified atom stereocenters. The molecule has 0 spiro atoms. The highest BCUT2D eigenvalue weighted by Crippen LogP contribution is 2.31. The minimum Gasteiger partial charge on any atom is -0.468 e. The van der Waals surface area contributed by atoms with Crippen LogP contribution in [-0.2, 0) is 14.3 Å². The quantitative estimate of drug-likeness (QED) is 0.457. The van der Waals surface area contributed by atoms with E-state index in [0.717, 1.165) is 6.42 Å². The minimum atomic E-state index is -0.513. The fraction of sp³-hybridized carbons (Fsp3) is 0.800. The van der Waals surface area contributed by atoms with Gasteiger partial charge in [0.15, 0.2) is 0 Å². The lowest BCUT2D eigenvalue weighted by Crippen LogP contribution is -2.37. The maximum absolute atomic E-state index is 11.5. The van der Waals surface area contributed by atoms with Gasteiger partial charge in [-0.25, -0.2) is 0 Å². The summed E-state index contributed by atoms with van der Waals surface area (Å²) in [6.45, 7) is 3.98. The number of Topliss-reactive ketones (excluding diaryl/α,β-unsaturated/α-hetero) is 1. The summed E-state index contributed by atoms with van der Waals surface area (Å²) in [4.78, 5) is 22.8. The number of carbonyl (C=O) groups excluding carboxylic acids is 2. The summed E-state index contributed by atoms with van der Waals surface area (Å²) >= 11 is 0. The first kappa shape index (κ1) is 10.2. The molecule has 1 saturated carbocycles. The van der Waals surface area contributed by atoms with Crippen LogP contribution in [0.25, 0.3) is 0 Å². The van der Waals surface area contributed by atoms with Crippen molar-refractivity contribution in [2.24, 2.45) is 17.8 Å². The van der Waals surface area contributed by atoms with E-state index in [1.54, 1.807) is 0 Å². The number of carbonyl (C=O) groups is 2. The fourth-order valence-corrected chi connectivity index (χ4v) is 2.13. The largest absolute Gasteiger partial charge is 0.468 e. The third-order valence-electron chi connectivity index (χ3n) is 2.69. The van der Waals surface area contributed by atoms with Gasteiger partial charge < -0.3 is 4.74 Å². The van der Waals surface area contributed by atoms with Gasteiger partial charge in [0.25, 0.3) is 0 Å². The van der Waals surface area contributed by atoms with Gasteiger partial charge in [-0.15, -0.1) is 0 Å². The Hall–Kier alpha value is -0.860. The van der Waals surface area contributed by atoms with Crippen LogP contribution < -0.4 is 0 Å². The molecule has 0 aromatic heterocycles. The summed E-state index contributed by atoms with van der Waals surface area (Å²) in [6.07, 6.45) is 1.45.